The van der Waals surface area contributed by atoms with Crippen LogP contribution in [0.4, 0.5) is 0 Å². The van der Waals surface area contributed by atoms with E-state index in [9.17, 15) is 0 Å². The van der Waals surface area contributed by atoms with Gasteiger partial charge >= 0.3 is 0 Å². The van der Waals surface area contributed by atoms with E-state index in [1.54, 1.807) is 0 Å². The molecule has 78 valence electrons. The predicted molar refractivity (Wildman–Crippen MR) is 61.0 cm³/mol. The van der Waals surface area contributed by atoms with Gasteiger partial charge in [0.1, 0.15) is 5.82 Å². The Labute approximate surface area is 92.9 Å². The second-order valence-electron chi connectivity index (χ2n) is 3.65. The predicted octanol–water partition coefficient (Wildman–Crippen LogP) is 2.08. The van der Waals surface area contributed by atoms with E-state index >= 15 is 0 Å². The Morgan fingerprint density at radius 2 is 2.36 bits per heavy atom. The molecular weight excluding hydrogens is 214 g/mol. The van der Waals surface area contributed by atoms with E-state index in [0.717, 1.165) is 15.4 Å². The van der Waals surface area contributed by atoms with E-state index < -0.39 is 0 Å². The molecule has 0 saturated heterocycles. The van der Waals surface area contributed by atoms with Crippen molar-refractivity contribution in [2.75, 3.05) is 7.05 Å². The van der Waals surface area contributed by atoms with Crippen molar-refractivity contribution in [2.45, 2.75) is 41.8 Å². The Morgan fingerprint density at radius 3 is 2.93 bits per heavy atom. The molecule has 1 aromatic rings. The molecule has 1 N–H and O–H groups in total. The van der Waals surface area contributed by atoms with Crippen molar-refractivity contribution in [3.63, 3.8) is 0 Å². The van der Waals surface area contributed by atoms with Crippen LogP contribution in [-0.4, -0.2) is 27.7 Å². The average molecular weight is 229 g/mol. The molecule has 1 aliphatic rings. The molecule has 14 heavy (non-hydrogen) atoms. The van der Waals surface area contributed by atoms with Crippen molar-refractivity contribution in [1.82, 2.24) is 14.7 Å². The van der Waals surface area contributed by atoms with E-state index in [2.05, 4.69) is 14.7 Å². The largest absolute Gasteiger partial charge is 0.317 e. The van der Waals surface area contributed by atoms with Crippen molar-refractivity contribution in [3.8, 4) is 0 Å². The van der Waals surface area contributed by atoms with Gasteiger partial charge in [0.2, 0.25) is 0 Å². The third-order valence-electron chi connectivity index (χ3n) is 2.57. The zero-order valence-electron chi connectivity index (χ0n) is 8.49. The Hall–Kier alpha value is -0.130. The smallest absolute Gasteiger partial charge is 0.170 e. The number of rotatable bonds is 3. The van der Waals surface area contributed by atoms with E-state index in [1.165, 1.54) is 30.8 Å². The zero-order valence-corrected chi connectivity index (χ0v) is 10.1. The lowest BCUT2D eigenvalue weighted by atomic mass is 10.3. The molecule has 1 saturated carbocycles. The lowest BCUT2D eigenvalue weighted by Crippen LogP contribution is -2.21. The van der Waals surface area contributed by atoms with Crippen molar-refractivity contribution in [2.24, 2.45) is 0 Å². The number of thioether (sulfide) groups is 1. The van der Waals surface area contributed by atoms with Crippen LogP contribution in [0.2, 0.25) is 0 Å². The molecule has 0 aliphatic heterocycles. The minimum atomic E-state index is 0.710. The minimum absolute atomic E-state index is 0.710. The first kappa shape index (κ1) is 10.4. The lowest BCUT2D eigenvalue weighted by Gasteiger charge is -2.07. The van der Waals surface area contributed by atoms with Gasteiger partial charge in [-0.3, -0.25) is 0 Å². The van der Waals surface area contributed by atoms with Crippen LogP contribution >= 0.6 is 23.3 Å². The lowest BCUT2D eigenvalue weighted by molar-refractivity contribution is 0.583. The van der Waals surface area contributed by atoms with Gasteiger partial charge in [0.15, 0.2) is 4.34 Å². The summed E-state index contributed by atoms with van der Waals surface area (Å²) in [5, 5.41) is 4.07. The fourth-order valence-corrected chi connectivity index (χ4v) is 3.95. The van der Waals surface area contributed by atoms with Gasteiger partial charge in [-0.15, -0.1) is 0 Å². The van der Waals surface area contributed by atoms with Gasteiger partial charge in [-0.25, -0.2) is 4.98 Å². The van der Waals surface area contributed by atoms with Crippen molar-refractivity contribution >= 4 is 23.3 Å². The molecule has 0 radical (unpaired) electrons. The van der Waals surface area contributed by atoms with Crippen LogP contribution in [0, 0.1) is 6.92 Å². The van der Waals surface area contributed by atoms with Gasteiger partial charge in [-0.2, -0.15) is 4.37 Å². The number of aryl methyl sites for hydroxylation is 1. The summed E-state index contributed by atoms with van der Waals surface area (Å²) < 4.78 is 5.32. The van der Waals surface area contributed by atoms with E-state index in [-0.39, 0.29) is 0 Å². The van der Waals surface area contributed by atoms with Crippen LogP contribution in [0.25, 0.3) is 0 Å². The molecular formula is C9H15N3S2. The number of hydrogen-bond donors (Lipinski definition) is 1. The van der Waals surface area contributed by atoms with Crippen molar-refractivity contribution < 1.29 is 0 Å². The summed E-state index contributed by atoms with van der Waals surface area (Å²) in [7, 11) is 2.05. The third kappa shape index (κ3) is 2.46. The fourth-order valence-electron chi connectivity index (χ4n) is 1.78. The number of nitrogens with one attached hydrogen (secondary N) is 1. The van der Waals surface area contributed by atoms with Crippen molar-refractivity contribution in [3.05, 3.63) is 5.82 Å². The highest BCUT2D eigenvalue weighted by atomic mass is 32.2. The molecule has 0 aromatic carbocycles. The molecule has 1 heterocycles. The van der Waals surface area contributed by atoms with Gasteiger partial charge in [-0.1, -0.05) is 11.8 Å². The summed E-state index contributed by atoms with van der Waals surface area (Å²) in [6, 6.07) is 0.710. The number of aromatic nitrogens is 2. The molecule has 1 fully saturated rings. The molecule has 5 heteroatoms. The Kier molecular flexibility index (Phi) is 3.41. The molecule has 3 nitrogen and oxygen atoms in total. The van der Waals surface area contributed by atoms with Crippen LogP contribution in [0.5, 0.6) is 0 Å². The summed E-state index contributed by atoms with van der Waals surface area (Å²) in [6.45, 7) is 1.95. The van der Waals surface area contributed by atoms with Gasteiger partial charge < -0.3 is 5.32 Å². The SMILES string of the molecule is CNC1CCC(Sc2nc(C)ns2)C1. The quantitative estimate of drug-likeness (QED) is 0.861. The maximum absolute atomic E-state index is 4.37. The first-order chi connectivity index (χ1) is 6.78. The molecule has 0 amide bonds. The third-order valence-corrected chi connectivity index (χ3v) is 4.74. The molecule has 2 atom stereocenters. The summed E-state index contributed by atoms with van der Waals surface area (Å²) in [4.78, 5) is 4.37. The van der Waals surface area contributed by atoms with Gasteiger partial charge in [0, 0.05) is 11.3 Å². The van der Waals surface area contributed by atoms with Crippen LogP contribution in [0.3, 0.4) is 0 Å². The second kappa shape index (κ2) is 4.59. The fraction of sp³-hybridized carbons (Fsp3) is 0.778. The number of nitrogens with zero attached hydrogens (tertiary/aromatic N) is 2. The van der Waals surface area contributed by atoms with Crippen LogP contribution in [0.15, 0.2) is 4.34 Å². The number of hydrogen-bond acceptors (Lipinski definition) is 5. The molecule has 2 rings (SSSR count). The van der Waals surface area contributed by atoms with E-state index in [1.807, 2.05) is 25.7 Å². The highest BCUT2D eigenvalue weighted by Crippen LogP contribution is 2.35. The maximum atomic E-state index is 4.37. The van der Waals surface area contributed by atoms with Gasteiger partial charge in [0.05, 0.1) is 0 Å². The second-order valence-corrected chi connectivity index (χ2v) is 5.95. The molecule has 1 aliphatic carbocycles. The zero-order chi connectivity index (χ0) is 9.97. The van der Waals surface area contributed by atoms with Gasteiger partial charge in [-0.05, 0) is 44.8 Å². The van der Waals surface area contributed by atoms with Crippen LogP contribution < -0.4 is 5.32 Å². The highest BCUT2D eigenvalue weighted by Gasteiger charge is 2.24. The van der Waals surface area contributed by atoms with E-state index in [0.29, 0.717) is 6.04 Å². The van der Waals surface area contributed by atoms with Crippen molar-refractivity contribution in [1.29, 1.82) is 0 Å². The summed E-state index contributed by atoms with van der Waals surface area (Å²) >= 11 is 3.42. The molecule has 2 unspecified atom stereocenters. The molecule has 0 bridgehead atoms. The van der Waals surface area contributed by atoms with Crippen LogP contribution in [0.1, 0.15) is 25.1 Å². The average Bonchev–Trinajstić information content (AvgIpc) is 2.76. The van der Waals surface area contributed by atoms with Crippen LogP contribution in [-0.2, 0) is 0 Å². The summed E-state index contributed by atoms with van der Waals surface area (Å²) in [5.74, 6) is 0.903. The Morgan fingerprint density at radius 1 is 1.50 bits per heavy atom. The molecule has 1 aromatic heterocycles. The Bertz CT molecular complexity index is 300. The first-order valence-corrected chi connectivity index (χ1v) is 6.57. The summed E-state index contributed by atoms with van der Waals surface area (Å²) in [5.41, 5.74) is 0. The Balaban J connectivity index is 1.87. The van der Waals surface area contributed by atoms with Gasteiger partial charge in [0.25, 0.3) is 0 Å². The molecule has 0 spiro atoms. The first-order valence-electron chi connectivity index (χ1n) is 4.92. The minimum Gasteiger partial charge on any atom is -0.317 e. The standard InChI is InChI=1S/C9H15N3S2/c1-6-11-9(14-12-6)13-8-4-3-7(5-8)10-2/h7-8,10H,3-5H2,1-2H3. The highest BCUT2D eigenvalue weighted by molar-refractivity contribution is 8.01. The maximum Gasteiger partial charge on any atom is 0.170 e. The summed E-state index contributed by atoms with van der Waals surface area (Å²) in [6.07, 6.45) is 3.86. The van der Waals surface area contributed by atoms with E-state index in [4.69, 9.17) is 0 Å². The topological polar surface area (TPSA) is 37.8 Å². The normalized spacial score (nSPS) is 27.0. The monoisotopic (exact) mass is 229 g/mol.